The van der Waals surface area contributed by atoms with Gasteiger partial charge in [-0.3, -0.25) is 0 Å². The van der Waals surface area contributed by atoms with Crippen LogP contribution in [0.3, 0.4) is 0 Å². The van der Waals surface area contributed by atoms with Gasteiger partial charge in [-0.15, -0.1) is 0 Å². The van der Waals surface area contributed by atoms with Gasteiger partial charge in [0, 0.05) is 11.8 Å². The number of epoxide rings is 1. The van der Waals surface area contributed by atoms with Crippen molar-refractivity contribution in [3.05, 3.63) is 35.4 Å². The first-order valence-electron chi connectivity index (χ1n) is 7.17. The molecular weight excluding hydrogens is 208 g/mol. The van der Waals surface area contributed by atoms with Gasteiger partial charge in [0.05, 0.1) is 0 Å². The van der Waals surface area contributed by atoms with Gasteiger partial charge >= 0.3 is 0 Å². The van der Waals surface area contributed by atoms with Crippen molar-refractivity contribution in [3.63, 3.8) is 0 Å². The minimum absolute atomic E-state index is 0.328. The SMILES string of the molecule is c1ccc2c(c1)[C@H]1C[C@@H]2C23OC12[C@@H]1CC[C@H]3C1. The van der Waals surface area contributed by atoms with Gasteiger partial charge in [-0.2, -0.15) is 0 Å². The van der Waals surface area contributed by atoms with E-state index in [9.17, 15) is 0 Å². The Kier molecular flexibility index (Phi) is 1.02. The lowest BCUT2D eigenvalue weighted by Crippen LogP contribution is -2.36. The number of hydrogen-bond donors (Lipinski definition) is 0. The molecule has 86 valence electrons. The Hall–Kier alpha value is -0.820. The van der Waals surface area contributed by atoms with Crippen molar-refractivity contribution >= 4 is 0 Å². The standard InChI is InChI=1S/C16H16O/c1-2-4-12-11(3-1)13-8-14(12)16-10-6-5-9(7-10)15(13,16)17-16/h1-4,9-10,13-14H,5-8H2/t9-,10+,13-,14+,15?,16?. The zero-order chi connectivity index (χ0) is 10.8. The lowest BCUT2D eigenvalue weighted by atomic mass is 9.69. The van der Waals surface area contributed by atoms with Gasteiger partial charge in [-0.05, 0) is 48.6 Å². The van der Waals surface area contributed by atoms with Crippen LogP contribution in [0.1, 0.15) is 48.6 Å². The second-order valence-corrected chi connectivity index (χ2v) is 6.86. The van der Waals surface area contributed by atoms with Gasteiger partial charge in [0.1, 0.15) is 11.2 Å². The normalized spacial score (nSPS) is 59.1. The second-order valence-electron chi connectivity index (χ2n) is 6.86. The molecule has 1 saturated heterocycles. The Morgan fingerprint density at radius 1 is 0.882 bits per heavy atom. The summed E-state index contributed by atoms with van der Waals surface area (Å²) in [7, 11) is 0. The molecule has 0 N–H and O–H groups in total. The molecule has 1 aliphatic heterocycles. The predicted octanol–water partition coefficient (Wildman–Crippen LogP) is 3.21. The summed E-state index contributed by atoms with van der Waals surface area (Å²) in [6, 6.07) is 9.17. The van der Waals surface area contributed by atoms with Gasteiger partial charge in [0.2, 0.25) is 0 Å². The molecule has 1 aromatic carbocycles. The molecule has 4 fully saturated rings. The number of hydrogen-bond acceptors (Lipinski definition) is 1. The fraction of sp³-hybridized carbons (Fsp3) is 0.625. The molecule has 6 atom stereocenters. The average molecular weight is 224 g/mol. The lowest BCUT2D eigenvalue weighted by molar-refractivity contribution is 0.113. The van der Waals surface area contributed by atoms with Crippen LogP contribution in [0.25, 0.3) is 0 Å². The third-order valence-corrected chi connectivity index (χ3v) is 6.81. The molecule has 5 aliphatic rings. The van der Waals surface area contributed by atoms with Crippen molar-refractivity contribution in [2.45, 2.75) is 48.7 Å². The van der Waals surface area contributed by atoms with E-state index in [-0.39, 0.29) is 0 Å². The van der Waals surface area contributed by atoms with E-state index in [0.29, 0.717) is 11.2 Å². The van der Waals surface area contributed by atoms with Crippen LogP contribution >= 0.6 is 0 Å². The van der Waals surface area contributed by atoms with E-state index in [2.05, 4.69) is 24.3 Å². The molecule has 17 heavy (non-hydrogen) atoms. The van der Waals surface area contributed by atoms with Crippen LogP contribution < -0.4 is 0 Å². The zero-order valence-electron chi connectivity index (χ0n) is 9.86. The summed E-state index contributed by atoms with van der Waals surface area (Å²) in [6.45, 7) is 0. The molecule has 3 saturated carbocycles. The van der Waals surface area contributed by atoms with Crippen molar-refractivity contribution in [3.8, 4) is 0 Å². The molecular formula is C16H16O. The summed E-state index contributed by atoms with van der Waals surface area (Å²) in [5.41, 5.74) is 3.93. The smallest absolute Gasteiger partial charge is 0.109 e. The van der Waals surface area contributed by atoms with Crippen LogP contribution in [-0.2, 0) is 4.74 Å². The van der Waals surface area contributed by atoms with E-state index >= 15 is 0 Å². The second kappa shape index (κ2) is 2.09. The number of ether oxygens (including phenoxy) is 1. The quantitative estimate of drug-likeness (QED) is 0.616. The van der Waals surface area contributed by atoms with Gasteiger partial charge in [0.25, 0.3) is 0 Å². The maximum atomic E-state index is 6.52. The van der Waals surface area contributed by atoms with Gasteiger partial charge in [-0.25, -0.2) is 0 Å². The number of benzene rings is 1. The van der Waals surface area contributed by atoms with E-state index in [1.165, 1.54) is 25.7 Å². The van der Waals surface area contributed by atoms with Crippen LogP contribution in [0.15, 0.2) is 24.3 Å². The van der Waals surface area contributed by atoms with Crippen LogP contribution in [0, 0.1) is 11.8 Å². The highest BCUT2D eigenvalue weighted by atomic mass is 16.6. The highest BCUT2D eigenvalue weighted by molar-refractivity contribution is 5.57. The van der Waals surface area contributed by atoms with E-state index < -0.39 is 0 Å². The Bertz CT molecular complexity index is 517. The summed E-state index contributed by atoms with van der Waals surface area (Å²) >= 11 is 0. The molecule has 4 aliphatic carbocycles. The molecule has 0 amide bonds. The van der Waals surface area contributed by atoms with E-state index in [1.54, 1.807) is 11.1 Å². The molecule has 6 rings (SSSR count). The predicted molar refractivity (Wildman–Crippen MR) is 63.9 cm³/mol. The fourth-order valence-corrected chi connectivity index (χ4v) is 6.52. The molecule has 4 bridgehead atoms. The molecule has 0 aromatic heterocycles. The molecule has 1 heteroatoms. The van der Waals surface area contributed by atoms with Crippen molar-refractivity contribution in [1.82, 2.24) is 0 Å². The molecule has 1 heterocycles. The minimum atomic E-state index is 0.328. The highest BCUT2D eigenvalue weighted by Gasteiger charge is 2.91. The third kappa shape index (κ3) is 0.567. The van der Waals surface area contributed by atoms with Gasteiger partial charge < -0.3 is 4.74 Å². The van der Waals surface area contributed by atoms with Crippen LogP contribution in [0.2, 0.25) is 0 Å². The molecule has 2 unspecified atom stereocenters. The largest absolute Gasteiger partial charge is 0.361 e. The van der Waals surface area contributed by atoms with Crippen LogP contribution in [0.4, 0.5) is 0 Å². The average Bonchev–Trinajstić information content (AvgIpc) is 2.80. The van der Waals surface area contributed by atoms with E-state index in [4.69, 9.17) is 4.74 Å². The summed E-state index contributed by atoms with van der Waals surface area (Å²) in [6.07, 6.45) is 5.75. The van der Waals surface area contributed by atoms with E-state index in [1.807, 2.05) is 0 Å². The third-order valence-electron chi connectivity index (χ3n) is 6.81. The summed E-state index contributed by atoms with van der Waals surface area (Å²) in [4.78, 5) is 0. The molecule has 1 aromatic rings. The first kappa shape index (κ1) is 8.31. The van der Waals surface area contributed by atoms with Crippen molar-refractivity contribution in [2.24, 2.45) is 11.8 Å². The monoisotopic (exact) mass is 224 g/mol. The Morgan fingerprint density at radius 3 is 2.06 bits per heavy atom. The Morgan fingerprint density at radius 2 is 1.47 bits per heavy atom. The van der Waals surface area contributed by atoms with Crippen molar-refractivity contribution < 1.29 is 4.74 Å². The van der Waals surface area contributed by atoms with Gasteiger partial charge in [-0.1, -0.05) is 24.3 Å². The van der Waals surface area contributed by atoms with Crippen LogP contribution in [0.5, 0.6) is 0 Å². The highest BCUT2D eigenvalue weighted by Crippen LogP contribution is 2.86. The van der Waals surface area contributed by atoms with Crippen LogP contribution in [-0.4, -0.2) is 11.2 Å². The molecule has 1 nitrogen and oxygen atoms in total. The Labute approximate surface area is 101 Å². The number of fused-ring (bicyclic) bond motifs is 7. The summed E-state index contributed by atoms with van der Waals surface area (Å²) < 4.78 is 6.52. The first-order valence-corrected chi connectivity index (χ1v) is 7.17. The number of rotatable bonds is 0. The van der Waals surface area contributed by atoms with Crippen molar-refractivity contribution in [1.29, 1.82) is 0 Å². The maximum absolute atomic E-state index is 6.52. The zero-order valence-corrected chi connectivity index (χ0v) is 9.86. The van der Waals surface area contributed by atoms with Gasteiger partial charge in [0.15, 0.2) is 0 Å². The topological polar surface area (TPSA) is 12.5 Å². The summed E-state index contributed by atoms with van der Waals surface area (Å²) in [5, 5.41) is 0. The van der Waals surface area contributed by atoms with E-state index in [0.717, 1.165) is 23.7 Å². The maximum Gasteiger partial charge on any atom is 0.109 e. The summed E-state index contributed by atoms with van der Waals surface area (Å²) in [5.74, 6) is 3.30. The van der Waals surface area contributed by atoms with Crippen molar-refractivity contribution in [2.75, 3.05) is 0 Å². The lowest BCUT2D eigenvalue weighted by Gasteiger charge is -2.29. The molecule has 0 spiro atoms. The Balaban J connectivity index is 1.67. The molecule has 0 radical (unpaired) electrons. The minimum Gasteiger partial charge on any atom is -0.361 e. The first-order chi connectivity index (χ1) is 8.38. The fourth-order valence-electron chi connectivity index (χ4n) is 6.52.